The monoisotopic (exact) mass is 241 g/mol. The largest absolute Gasteiger partial charge is 0.485 e. The molecule has 0 saturated carbocycles. The molecule has 3 nitrogen and oxygen atoms in total. The Morgan fingerprint density at radius 2 is 2.31 bits per heavy atom. The van der Waals surface area contributed by atoms with Crippen LogP contribution in [0.1, 0.15) is 15.9 Å². The zero-order valence-corrected chi connectivity index (χ0v) is 8.43. The van der Waals surface area contributed by atoms with Gasteiger partial charge in [0.1, 0.15) is 5.75 Å². The molecule has 13 heavy (non-hydrogen) atoms. The fourth-order valence-corrected chi connectivity index (χ4v) is 1.93. The predicted octanol–water partition coefficient (Wildman–Crippen LogP) is 1.48. The summed E-state index contributed by atoms with van der Waals surface area (Å²) in [5.74, 6) is 0.658. The molecule has 68 valence electrons. The number of ketones is 1. The Morgan fingerprint density at radius 1 is 1.54 bits per heavy atom. The van der Waals surface area contributed by atoms with E-state index in [2.05, 4.69) is 15.9 Å². The van der Waals surface area contributed by atoms with Gasteiger partial charge >= 0.3 is 0 Å². The second kappa shape index (κ2) is 3.12. The molecule has 1 aromatic carbocycles. The maximum atomic E-state index is 11.4. The van der Waals surface area contributed by atoms with Gasteiger partial charge in [-0.2, -0.15) is 0 Å². The van der Waals surface area contributed by atoms with Crippen LogP contribution in [-0.4, -0.2) is 12.4 Å². The molecule has 0 amide bonds. The maximum Gasteiger partial charge on any atom is 0.204 e. The maximum absolute atomic E-state index is 11.4. The van der Waals surface area contributed by atoms with Gasteiger partial charge in [-0.05, 0) is 17.7 Å². The first-order valence-corrected chi connectivity index (χ1v) is 4.70. The van der Waals surface area contributed by atoms with Crippen LogP contribution >= 0.6 is 15.9 Å². The molecule has 0 unspecified atom stereocenters. The van der Waals surface area contributed by atoms with Crippen LogP contribution in [0.25, 0.3) is 0 Å². The number of fused-ring (bicyclic) bond motifs is 1. The molecule has 0 spiro atoms. The van der Waals surface area contributed by atoms with E-state index >= 15 is 0 Å². The molecule has 2 rings (SSSR count). The van der Waals surface area contributed by atoms with Crippen LogP contribution in [0, 0.1) is 0 Å². The molecule has 1 heterocycles. The summed E-state index contributed by atoms with van der Waals surface area (Å²) in [7, 11) is 0. The zero-order chi connectivity index (χ0) is 9.42. The van der Waals surface area contributed by atoms with Gasteiger partial charge < -0.3 is 10.5 Å². The summed E-state index contributed by atoms with van der Waals surface area (Å²) < 4.78 is 6.05. The van der Waals surface area contributed by atoms with Gasteiger partial charge in [0.05, 0.1) is 5.56 Å². The second-order valence-electron chi connectivity index (χ2n) is 2.82. The lowest BCUT2D eigenvalue weighted by Gasteiger charge is -2.05. The summed E-state index contributed by atoms with van der Waals surface area (Å²) in [4.78, 5) is 11.4. The van der Waals surface area contributed by atoms with Crippen LogP contribution in [0.2, 0.25) is 0 Å². The van der Waals surface area contributed by atoms with Crippen LogP contribution in [-0.2, 0) is 6.54 Å². The van der Waals surface area contributed by atoms with E-state index in [1.807, 2.05) is 6.07 Å². The normalized spacial score (nSPS) is 14.2. The molecule has 2 N–H and O–H groups in total. The third-order valence-electron chi connectivity index (χ3n) is 2.06. The molecule has 0 bridgehead atoms. The number of Topliss-reactive ketones (excluding diaryl/α,β-unsaturated/α-hetero) is 1. The lowest BCUT2D eigenvalue weighted by Crippen LogP contribution is -2.06. The molecule has 1 aliphatic rings. The minimum atomic E-state index is 0.0109. The van der Waals surface area contributed by atoms with Crippen molar-refractivity contribution in [2.24, 2.45) is 5.73 Å². The van der Waals surface area contributed by atoms with E-state index < -0.39 is 0 Å². The van der Waals surface area contributed by atoms with E-state index in [-0.39, 0.29) is 12.4 Å². The smallest absolute Gasteiger partial charge is 0.204 e. The van der Waals surface area contributed by atoms with E-state index in [4.69, 9.17) is 10.5 Å². The van der Waals surface area contributed by atoms with Crippen LogP contribution in [0.3, 0.4) is 0 Å². The van der Waals surface area contributed by atoms with Gasteiger partial charge in [0.15, 0.2) is 6.61 Å². The van der Waals surface area contributed by atoms with Gasteiger partial charge in [0.2, 0.25) is 5.78 Å². The highest BCUT2D eigenvalue weighted by Gasteiger charge is 2.25. The predicted molar refractivity (Wildman–Crippen MR) is 51.9 cm³/mol. The van der Waals surface area contributed by atoms with E-state index in [1.165, 1.54) is 0 Å². The average molecular weight is 242 g/mol. The van der Waals surface area contributed by atoms with Crippen LogP contribution in [0.15, 0.2) is 16.6 Å². The highest BCUT2D eigenvalue weighted by molar-refractivity contribution is 9.10. The summed E-state index contributed by atoms with van der Waals surface area (Å²) in [6.45, 7) is 0.484. The first-order valence-electron chi connectivity index (χ1n) is 3.91. The molecule has 1 aromatic rings. The van der Waals surface area contributed by atoms with Crippen LogP contribution < -0.4 is 10.5 Å². The Labute approximate surface area is 84.0 Å². The van der Waals surface area contributed by atoms with Crippen molar-refractivity contribution in [2.75, 3.05) is 6.61 Å². The van der Waals surface area contributed by atoms with Gasteiger partial charge in [-0.3, -0.25) is 4.79 Å². The van der Waals surface area contributed by atoms with Crippen molar-refractivity contribution in [3.05, 3.63) is 27.7 Å². The number of hydrogen-bond acceptors (Lipinski definition) is 3. The summed E-state index contributed by atoms with van der Waals surface area (Å²) in [5, 5.41) is 0. The Hall–Kier alpha value is -0.870. The molecule has 0 atom stereocenters. The molecule has 0 radical (unpaired) electrons. The highest BCUT2D eigenvalue weighted by atomic mass is 79.9. The molecule has 0 aliphatic carbocycles. The Balaban J connectivity index is 2.67. The SMILES string of the molecule is NCc1c(Br)ccc2c1C(=O)CO2. The lowest BCUT2D eigenvalue weighted by atomic mass is 10.0. The third kappa shape index (κ3) is 1.26. The molecule has 1 aliphatic heterocycles. The minimum absolute atomic E-state index is 0.0109. The number of benzene rings is 1. The zero-order valence-electron chi connectivity index (χ0n) is 6.84. The van der Waals surface area contributed by atoms with Crippen molar-refractivity contribution >= 4 is 21.7 Å². The molecular formula is C9H8BrNO2. The van der Waals surface area contributed by atoms with Crippen molar-refractivity contribution in [3.63, 3.8) is 0 Å². The number of ether oxygens (including phenoxy) is 1. The number of rotatable bonds is 1. The number of carbonyl (C=O) groups is 1. The van der Waals surface area contributed by atoms with Crippen molar-refractivity contribution < 1.29 is 9.53 Å². The molecule has 0 saturated heterocycles. The summed E-state index contributed by atoms with van der Waals surface area (Å²) in [6.07, 6.45) is 0. The Bertz CT molecular complexity index is 376. The highest BCUT2D eigenvalue weighted by Crippen LogP contribution is 2.32. The standard InChI is InChI=1S/C9H8BrNO2/c10-6-1-2-8-9(5(6)3-11)7(12)4-13-8/h1-2H,3-4,11H2. The summed E-state index contributed by atoms with van der Waals surface area (Å²) in [6, 6.07) is 3.63. The van der Waals surface area contributed by atoms with Gasteiger partial charge in [-0.15, -0.1) is 0 Å². The van der Waals surface area contributed by atoms with E-state index in [0.717, 1.165) is 10.0 Å². The van der Waals surface area contributed by atoms with E-state index in [0.29, 0.717) is 17.9 Å². The molecule has 4 heteroatoms. The molecule has 0 aromatic heterocycles. The van der Waals surface area contributed by atoms with Crippen molar-refractivity contribution in [3.8, 4) is 5.75 Å². The Kier molecular flexibility index (Phi) is 2.09. The van der Waals surface area contributed by atoms with Gasteiger partial charge in [0.25, 0.3) is 0 Å². The summed E-state index contributed by atoms with van der Waals surface area (Å²) in [5.41, 5.74) is 7.02. The van der Waals surface area contributed by atoms with Crippen LogP contribution in [0.4, 0.5) is 0 Å². The minimum Gasteiger partial charge on any atom is -0.485 e. The number of nitrogens with two attached hydrogens (primary N) is 1. The summed E-state index contributed by atoms with van der Waals surface area (Å²) >= 11 is 3.35. The van der Waals surface area contributed by atoms with Crippen molar-refractivity contribution in [1.82, 2.24) is 0 Å². The topological polar surface area (TPSA) is 52.3 Å². The molecule has 0 fully saturated rings. The number of halogens is 1. The van der Waals surface area contributed by atoms with Gasteiger partial charge in [-0.25, -0.2) is 0 Å². The quantitative estimate of drug-likeness (QED) is 0.811. The van der Waals surface area contributed by atoms with E-state index in [1.54, 1.807) is 6.07 Å². The first-order chi connectivity index (χ1) is 6.24. The number of carbonyl (C=O) groups excluding carboxylic acids is 1. The average Bonchev–Trinajstić information content (AvgIpc) is 2.49. The molecular weight excluding hydrogens is 234 g/mol. The van der Waals surface area contributed by atoms with Crippen molar-refractivity contribution in [2.45, 2.75) is 6.54 Å². The fraction of sp³-hybridized carbons (Fsp3) is 0.222. The number of hydrogen-bond donors (Lipinski definition) is 1. The third-order valence-corrected chi connectivity index (χ3v) is 2.80. The first kappa shape index (κ1) is 8.72. The van der Waals surface area contributed by atoms with Crippen LogP contribution in [0.5, 0.6) is 5.75 Å². The van der Waals surface area contributed by atoms with Gasteiger partial charge in [-0.1, -0.05) is 15.9 Å². The van der Waals surface area contributed by atoms with Gasteiger partial charge in [0, 0.05) is 11.0 Å². The Morgan fingerprint density at radius 3 is 3.00 bits per heavy atom. The fourth-order valence-electron chi connectivity index (χ4n) is 1.44. The second-order valence-corrected chi connectivity index (χ2v) is 3.67. The van der Waals surface area contributed by atoms with E-state index in [9.17, 15) is 4.79 Å². The van der Waals surface area contributed by atoms with Crippen molar-refractivity contribution in [1.29, 1.82) is 0 Å². The lowest BCUT2D eigenvalue weighted by molar-refractivity contribution is 0.0960.